The highest BCUT2D eigenvalue weighted by molar-refractivity contribution is 7.11. The molecule has 4 heteroatoms. The van der Waals surface area contributed by atoms with Crippen LogP contribution in [0.15, 0.2) is 46.9 Å². The van der Waals surface area contributed by atoms with Gasteiger partial charge in [-0.3, -0.25) is 0 Å². The minimum absolute atomic E-state index is 0.433. The predicted octanol–water partition coefficient (Wildman–Crippen LogP) is 3.95. The van der Waals surface area contributed by atoms with Gasteiger partial charge in [0.25, 0.3) is 0 Å². The molecule has 0 amide bonds. The molecule has 0 fully saturated rings. The fourth-order valence-electron chi connectivity index (χ4n) is 1.19. The Balaban J connectivity index is 1.84. The van der Waals surface area contributed by atoms with Gasteiger partial charge in [-0.25, -0.2) is 0 Å². The lowest BCUT2D eigenvalue weighted by Crippen LogP contribution is -1.87. The Labute approximate surface area is 103 Å². The lowest BCUT2D eigenvalue weighted by Gasteiger charge is -1.99. The van der Waals surface area contributed by atoms with Crippen LogP contribution in [-0.4, -0.2) is 6.21 Å². The monoisotopic (exact) mass is 251 g/mol. The Bertz CT molecular complexity index is 468. The molecular formula is C12H10ClNOS. The zero-order chi connectivity index (χ0) is 11.2. The number of halogens is 1. The van der Waals surface area contributed by atoms with Crippen LogP contribution in [0.2, 0.25) is 5.02 Å². The maximum Gasteiger partial charge on any atom is 0.142 e. The van der Waals surface area contributed by atoms with Crippen LogP contribution >= 0.6 is 22.9 Å². The van der Waals surface area contributed by atoms with Gasteiger partial charge in [0, 0.05) is 9.90 Å². The van der Waals surface area contributed by atoms with Gasteiger partial charge in [0.1, 0.15) is 6.61 Å². The summed E-state index contributed by atoms with van der Waals surface area (Å²) < 4.78 is 0. The summed E-state index contributed by atoms with van der Waals surface area (Å²) in [6, 6.07) is 11.5. The van der Waals surface area contributed by atoms with E-state index < -0.39 is 0 Å². The van der Waals surface area contributed by atoms with E-state index in [1.807, 2.05) is 41.8 Å². The van der Waals surface area contributed by atoms with Gasteiger partial charge >= 0.3 is 0 Å². The molecule has 0 radical (unpaired) electrons. The summed E-state index contributed by atoms with van der Waals surface area (Å²) in [6.45, 7) is 0.433. The van der Waals surface area contributed by atoms with E-state index in [0.717, 1.165) is 10.4 Å². The van der Waals surface area contributed by atoms with E-state index in [2.05, 4.69) is 5.16 Å². The standard InChI is InChI=1S/C12H10ClNOS/c13-11-4-1-3-10(7-11)9-15-14-8-12-5-2-6-16-12/h1-8H,9H2/b14-8+. The summed E-state index contributed by atoms with van der Waals surface area (Å²) in [7, 11) is 0. The fourth-order valence-corrected chi connectivity index (χ4v) is 1.98. The number of nitrogens with zero attached hydrogens (tertiary/aromatic N) is 1. The quantitative estimate of drug-likeness (QED) is 0.596. The van der Waals surface area contributed by atoms with Crippen LogP contribution in [0.3, 0.4) is 0 Å². The molecule has 1 aromatic carbocycles. The molecule has 1 aromatic heterocycles. The van der Waals surface area contributed by atoms with E-state index in [0.29, 0.717) is 11.6 Å². The number of hydrogen-bond acceptors (Lipinski definition) is 3. The molecule has 2 nitrogen and oxygen atoms in total. The Kier molecular flexibility index (Phi) is 3.97. The molecule has 0 aliphatic heterocycles. The zero-order valence-corrected chi connectivity index (χ0v) is 10.0. The third-order valence-corrected chi connectivity index (χ3v) is 2.96. The lowest BCUT2D eigenvalue weighted by molar-refractivity contribution is 0.132. The first-order valence-corrected chi connectivity index (χ1v) is 6.03. The van der Waals surface area contributed by atoms with E-state index in [4.69, 9.17) is 16.4 Å². The van der Waals surface area contributed by atoms with Crippen LogP contribution in [0.1, 0.15) is 10.4 Å². The SMILES string of the molecule is Clc1cccc(CO/N=C/c2cccs2)c1. The smallest absolute Gasteiger partial charge is 0.142 e. The van der Waals surface area contributed by atoms with Crippen molar-refractivity contribution in [2.24, 2.45) is 5.16 Å². The number of hydrogen-bond donors (Lipinski definition) is 0. The van der Waals surface area contributed by atoms with Crippen LogP contribution in [0.4, 0.5) is 0 Å². The topological polar surface area (TPSA) is 21.6 Å². The lowest BCUT2D eigenvalue weighted by atomic mass is 10.2. The van der Waals surface area contributed by atoms with Crippen molar-refractivity contribution in [3.63, 3.8) is 0 Å². The maximum atomic E-state index is 5.85. The van der Waals surface area contributed by atoms with Crippen molar-refractivity contribution in [3.8, 4) is 0 Å². The Morgan fingerprint density at radius 1 is 1.31 bits per heavy atom. The number of thiophene rings is 1. The molecule has 0 aliphatic rings. The molecule has 16 heavy (non-hydrogen) atoms. The van der Waals surface area contributed by atoms with Gasteiger partial charge in [0.2, 0.25) is 0 Å². The molecule has 0 bridgehead atoms. The van der Waals surface area contributed by atoms with Gasteiger partial charge in [0.05, 0.1) is 6.21 Å². The second-order valence-corrected chi connectivity index (χ2v) is 4.57. The highest BCUT2D eigenvalue weighted by Gasteiger charge is 1.93. The van der Waals surface area contributed by atoms with Crippen LogP contribution in [0.5, 0.6) is 0 Å². The van der Waals surface area contributed by atoms with E-state index in [9.17, 15) is 0 Å². The molecule has 0 spiro atoms. The Hall–Kier alpha value is -1.32. The zero-order valence-electron chi connectivity index (χ0n) is 8.47. The third-order valence-electron chi connectivity index (χ3n) is 1.92. The summed E-state index contributed by atoms with van der Waals surface area (Å²) in [5.41, 5.74) is 1.01. The van der Waals surface area contributed by atoms with Crippen molar-refractivity contribution in [2.45, 2.75) is 6.61 Å². The molecule has 0 saturated heterocycles. The van der Waals surface area contributed by atoms with E-state index in [1.54, 1.807) is 17.6 Å². The van der Waals surface area contributed by atoms with Crippen molar-refractivity contribution in [1.82, 2.24) is 0 Å². The molecule has 0 N–H and O–H groups in total. The van der Waals surface area contributed by atoms with E-state index >= 15 is 0 Å². The summed E-state index contributed by atoms with van der Waals surface area (Å²) in [6.07, 6.45) is 1.70. The first kappa shape index (κ1) is 11.2. The number of rotatable bonds is 4. The summed E-state index contributed by atoms with van der Waals surface area (Å²) in [5, 5.41) is 6.59. The van der Waals surface area contributed by atoms with Crippen LogP contribution < -0.4 is 0 Å². The molecule has 2 rings (SSSR count). The van der Waals surface area contributed by atoms with Crippen molar-refractivity contribution < 1.29 is 4.84 Å². The minimum Gasteiger partial charge on any atom is -0.391 e. The maximum absolute atomic E-state index is 5.85. The molecule has 0 atom stereocenters. The van der Waals surface area contributed by atoms with Gasteiger partial charge in [0.15, 0.2) is 0 Å². The van der Waals surface area contributed by atoms with Gasteiger partial charge in [-0.2, -0.15) is 0 Å². The van der Waals surface area contributed by atoms with Gasteiger partial charge < -0.3 is 4.84 Å². The first-order chi connectivity index (χ1) is 7.84. The van der Waals surface area contributed by atoms with E-state index in [-0.39, 0.29) is 0 Å². The minimum atomic E-state index is 0.433. The van der Waals surface area contributed by atoms with Crippen molar-refractivity contribution in [3.05, 3.63) is 57.2 Å². The van der Waals surface area contributed by atoms with Crippen molar-refractivity contribution >= 4 is 29.2 Å². The Morgan fingerprint density at radius 3 is 3.00 bits per heavy atom. The fraction of sp³-hybridized carbons (Fsp3) is 0.0833. The third kappa shape index (κ3) is 3.36. The van der Waals surface area contributed by atoms with E-state index in [1.165, 1.54) is 0 Å². The number of oxime groups is 1. The molecule has 0 unspecified atom stereocenters. The summed E-state index contributed by atoms with van der Waals surface area (Å²) >= 11 is 7.47. The van der Waals surface area contributed by atoms with Crippen molar-refractivity contribution in [1.29, 1.82) is 0 Å². The van der Waals surface area contributed by atoms with Gasteiger partial charge in [-0.15, -0.1) is 11.3 Å². The normalized spacial score (nSPS) is 10.8. The van der Waals surface area contributed by atoms with Crippen molar-refractivity contribution in [2.75, 3.05) is 0 Å². The second-order valence-electron chi connectivity index (χ2n) is 3.15. The molecular weight excluding hydrogens is 242 g/mol. The average molecular weight is 252 g/mol. The molecule has 1 heterocycles. The van der Waals surface area contributed by atoms with Crippen LogP contribution in [0, 0.1) is 0 Å². The summed E-state index contributed by atoms with van der Waals surface area (Å²) in [4.78, 5) is 6.24. The largest absolute Gasteiger partial charge is 0.391 e. The number of benzene rings is 1. The molecule has 0 aliphatic carbocycles. The highest BCUT2D eigenvalue weighted by Crippen LogP contribution is 2.11. The first-order valence-electron chi connectivity index (χ1n) is 4.78. The molecule has 2 aromatic rings. The van der Waals surface area contributed by atoms with Gasteiger partial charge in [-0.05, 0) is 29.1 Å². The predicted molar refractivity (Wildman–Crippen MR) is 68.2 cm³/mol. The van der Waals surface area contributed by atoms with Gasteiger partial charge in [-0.1, -0.05) is 35.0 Å². The van der Waals surface area contributed by atoms with Crippen LogP contribution in [0.25, 0.3) is 0 Å². The molecule has 82 valence electrons. The average Bonchev–Trinajstić information content (AvgIpc) is 2.77. The van der Waals surface area contributed by atoms with Crippen LogP contribution in [-0.2, 0) is 11.4 Å². The molecule has 0 saturated carbocycles. The summed E-state index contributed by atoms with van der Waals surface area (Å²) in [5.74, 6) is 0. The highest BCUT2D eigenvalue weighted by atomic mass is 35.5. The second kappa shape index (κ2) is 5.68. The Morgan fingerprint density at radius 2 is 2.25 bits per heavy atom.